The molecule has 5 atom stereocenters. The second-order valence-electron chi connectivity index (χ2n) is 4.99. The van der Waals surface area contributed by atoms with E-state index in [-0.39, 0.29) is 17.7 Å². The summed E-state index contributed by atoms with van der Waals surface area (Å²) >= 11 is 2.71. The van der Waals surface area contributed by atoms with Crippen LogP contribution in [0.5, 0.6) is 0 Å². The van der Waals surface area contributed by atoms with Crippen LogP contribution in [-0.4, -0.2) is 41.0 Å². The molecule has 0 spiro atoms. The number of piperidine rings is 1. The number of carbonyl (C=O) groups is 2. The van der Waals surface area contributed by atoms with Gasteiger partial charge in [0.25, 0.3) is 0 Å². The number of hydrogen-bond donors (Lipinski definition) is 0. The van der Waals surface area contributed by atoms with Crippen molar-refractivity contribution in [3.05, 3.63) is 0 Å². The van der Waals surface area contributed by atoms with E-state index in [9.17, 15) is 9.59 Å². The molecule has 1 saturated carbocycles. The Morgan fingerprint density at radius 1 is 1.44 bits per heavy atom. The number of hydrogen-bond acceptors (Lipinski definition) is 2. The number of likely N-dealkylation sites (tertiary alicyclic amines) is 1. The number of ketones is 1. The second kappa shape index (κ2) is 3.55. The number of Topliss-reactive ketones (excluding diaryl/α,β-unsaturated/α-hetero) is 1. The van der Waals surface area contributed by atoms with E-state index in [0.29, 0.717) is 36.5 Å². The minimum absolute atomic E-state index is 0.0708. The zero-order valence-corrected chi connectivity index (χ0v) is 13.8. The number of halogens is 2. The van der Waals surface area contributed by atoms with Crippen molar-refractivity contribution >= 4 is 11.7 Å². The second-order valence-corrected chi connectivity index (χ2v) is 10.3. The fourth-order valence-electron chi connectivity index (χ4n) is 3.25. The van der Waals surface area contributed by atoms with Crippen molar-refractivity contribution in [1.82, 2.24) is 4.90 Å². The quantitative estimate of drug-likeness (QED) is 0.312. The number of fused-ring (bicyclic) bond motifs is 1. The van der Waals surface area contributed by atoms with Gasteiger partial charge in [-0.15, -0.1) is 0 Å². The fourth-order valence-corrected chi connectivity index (χ4v) is 9.44. The third-order valence-electron chi connectivity index (χ3n) is 4.11. The van der Waals surface area contributed by atoms with Crippen molar-refractivity contribution in [2.24, 2.45) is 11.8 Å². The molecule has 0 bridgehead atoms. The van der Waals surface area contributed by atoms with Crippen LogP contribution in [0.4, 0.5) is 0 Å². The van der Waals surface area contributed by atoms with Crippen LogP contribution < -0.4 is 43.8 Å². The maximum absolute atomic E-state index is 11.7. The van der Waals surface area contributed by atoms with Crippen LogP contribution in [0.2, 0.25) is 0 Å². The predicted molar refractivity (Wildman–Crippen MR) is 51.6 cm³/mol. The van der Waals surface area contributed by atoms with E-state index in [1.807, 2.05) is 4.90 Å². The van der Waals surface area contributed by atoms with E-state index in [2.05, 4.69) is 22.6 Å². The average Bonchev–Trinajstić information content (AvgIpc) is 3.05. The van der Waals surface area contributed by atoms with Gasteiger partial charge in [0.15, 0.2) is 0 Å². The molecule has 2 unspecified atom stereocenters. The average molecular weight is 447 g/mol. The van der Waals surface area contributed by atoms with Gasteiger partial charge >= 0.3 is 120 Å². The first kappa shape index (κ1) is 11.7. The molecule has 0 aromatic rings. The topological polar surface area (TPSA) is 37.4 Å². The summed E-state index contributed by atoms with van der Waals surface area (Å²) in [7, 11) is 0. The van der Waals surface area contributed by atoms with E-state index < -0.39 is 0 Å². The maximum atomic E-state index is 11.7. The summed E-state index contributed by atoms with van der Waals surface area (Å²) in [6.07, 6.45) is 0. The van der Waals surface area contributed by atoms with Crippen LogP contribution in [-0.2, 0) is 9.59 Å². The van der Waals surface area contributed by atoms with Gasteiger partial charge in [-0.3, -0.25) is 0 Å². The Labute approximate surface area is 119 Å². The Hall–Kier alpha value is 0.600. The molecule has 3 nitrogen and oxygen atoms in total. The first-order valence-electron chi connectivity index (χ1n) is 5.53. The molecule has 2 saturated heterocycles. The van der Waals surface area contributed by atoms with Crippen LogP contribution >= 0.6 is 0 Å². The van der Waals surface area contributed by atoms with Crippen LogP contribution in [0.25, 0.3) is 0 Å². The third-order valence-corrected chi connectivity index (χ3v) is 10.7. The number of rotatable bonds is 2. The molecule has 2 heterocycles. The summed E-state index contributed by atoms with van der Waals surface area (Å²) in [5, 5.41) is 0. The third kappa shape index (κ3) is 1.42. The summed E-state index contributed by atoms with van der Waals surface area (Å²) in [5.41, 5.74) is 0. The van der Waals surface area contributed by atoms with Crippen molar-refractivity contribution in [3.8, 4) is 0 Å². The predicted octanol–water partition coefficient (Wildman–Crippen LogP) is -6.45. The van der Waals surface area contributed by atoms with Gasteiger partial charge in [-0.25, -0.2) is 0 Å². The molecule has 2 aliphatic heterocycles. The Kier molecular flexibility index (Phi) is 2.59. The van der Waals surface area contributed by atoms with Crippen molar-refractivity contribution in [3.63, 3.8) is 0 Å². The van der Waals surface area contributed by atoms with Gasteiger partial charge < -0.3 is 0 Å². The Morgan fingerprint density at radius 3 is 2.50 bits per heavy atom. The molecule has 1 aliphatic carbocycles. The summed E-state index contributed by atoms with van der Waals surface area (Å²) in [5.74, 6) is 1.38. The number of nitrogens with zero attached hydrogens (tertiary/aromatic N) is 1. The molecule has 3 aliphatic rings. The molecule has 0 aromatic heterocycles. The zero-order chi connectivity index (χ0) is 11.7. The van der Waals surface area contributed by atoms with E-state index in [0.717, 1.165) is 10.5 Å². The van der Waals surface area contributed by atoms with E-state index in [1.165, 1.54) is 4.43 Å². The van der Waals surface area contributed by atoms with E-state index in [1.54, 1.807) is 13.8 Å². The molecule has 3 fully saturated rings. The zero-order valence-electron chi connectivity index (χ0n) is 9.27. The van der Waals surface area contributed by atoms with Gasteiger partial charge in [0, 0.05) is 0 Å². The van der Waals surface area contributed by atoms with Crippen LogP contribution in [0.15, 0.2) is 0 Å². The first-order chi connectivity index (χ1) is 7.48. The summed E-state index contributed by atoms with van der Waals surface area (Å²) in [4.78, 5) is 25.1. The van der Waals surface area contributed by atoms with Crippen LogP contribution in [0.1, 0.15) is 13.8 Å². The van der Waals surface area contributed by atoms with Gasteiger partial charge in [0.05, 0.1) is 0 Å². The van der Waals surface area contributed by atoms with Crippen LogP contribution in [0.3, 0.4) is 0 Å². The molecule has 0 aromatic carbocycles. The van der Waals surface area contributed by atoms with E-state index in [4.69, 9.17) is 0 Å². The molecular formula is C11H15I2NO2. The van der Waals surface area contributed by atoms with Gasteiger partial charge in [-0.1, -0.05) is 0 Å². The van der Waals surface area contributed by atoms with Crippen molar-refractivity contribution in [2.75, 3.05) is 11.0 Å². The number of alkyl halides is 3. The molecular weight excluding hydrogens is 432 g/mol. The van der Waals surface area contributed by atoms with Gasteiger partial charge in [-0.2, -0.15) is 0 Å². The molecule has 90 valence electrons. The van der Waals surface area contributed by atoms with E-state index >= 15 is 0 Å². The van der Waals surface area contributed by atoms with Crippen molar-refractivity contribution in [1.29, 1.82) is 0 Å². The summed E-state index contributed by atoms with van der Waals surface area (Å²) in [6, 6.07) is -0.0974. The monoisotopic (exact) mass is 447 g/mol. The fraction of sp³-hybridized carbons (Fsp3) is 0.818. The van der Waals surface area contributed by atoms with Crippen molar-refractivity contribution < 1.29 is 53.4 Å². The number of carbonyl (C=O) groups excluding carboxylic acids is 2. The first-order valence-corrected chi connectivity index (χ1v) is 9.47. The molecule has 1 amide bonds. The van der Waals surface area contributed by atoms with Crippen molar-refractivity contribution in [2.45, 2.75) is 27.2 Å². The Morgan fingerprint density at radius 2 is 2.06 bits per heavy atom. The van der Waals surface area contributed by atoms with Gasteiger partial charge in [0.2, 0.25) is 0 Å². The minimum atomic E-state index is -0.0974. The normalized spacial score (nSPS) is 49.3. The van der Waals surface area contributed by atoms with Crippen LogP contribution in [0, 0.1) is 11.8 Å². The standard InChI is InChI=1S/C11H15I2NO2/c1-5(15)10-9-7(4-14(10)6(2)16)11(9,12)8-3-13-8/h7-10,12H,3-4H2,1-2H3/t7-,8?,9-,10+,11?/m0/s1. The summed E-state index contributed by atoms with van der Waals surface area (Å²) < 4.78 is 2.82. The summed E-state index contributed by atoms with van der Waals surface area (Å²) in [6.45, 7) is 4.07. The molecule has 5 heteroatoms. The van der Waals surface area contributed by atoms with Gasteiger partial charge in [0.1, 0.15) is 0 Å². The Balaban J connectivity index is 1.85. The van der Waals surface area contributed by atoms with Gasteiger partial charge in [-0.05, 0) is 0 Å². The number of amides is 1. The Bertz CT molecular complexity index is 382. The molecule has 3 rings (SSSR count). The molecule has 16 heavy (non-hydrogen) atoms. The SMILES string of the molecule is CC(=O)[C@@H]1[C@@H]2[C@H](CN1C(C)=O)C2([IH+])C1C[I-]1. The molecule has 0 radical (unpaired) electrons. The molecule has 0 N–H and O–H groups in total.